The number of esters is 1. The molecule has 1 amide bonds. The van der Waals surface area contributed by atoms with Gasteiger partial charge in [0.2, 0.25) is 5.91 Å². The van der Waals surface area contributed by atoms with E-state index in [2.05, 4.69) is 11.9 Å². The van der Waals surface area contributed by atoms with Crippen LogP contribution in [0.1, 0.15) is 6.42 Å². The van der Waals surface area contributed by atoms with Crippen molar-refractivity contribution in [2.24, 2.45) is 0 Å². The summed E-state index contributed by atoms with van der Waals surface area (Å²) >= 11 is 0. The molecule has 0 unspecified atom stereocenters. The van der Waals surface area contributed by atoms with Crippen LogP contribution < -0.4 is 5.32 Å². The van der Waals surface area contributed by atoms with Crippen molar-refractivity contribution in [2.45, 2.75) is 6.42 Å². The molecule has 0 heterocycles. The van der Waals surface area contributed by atoms with Gasteiger partial charge in [-0.05, 0) is 11.6 Å². The third-order valence-electron chi connectivity index (χ3n) is 3.03. The summed E-state index contributed by atoms with van der Waals surface area (Å²) in [5, 5.41) is 2.84. The molecule has 0 fully saturated rings. The first-order valence-corrected chi connectivity index (χ1v) is 6.94. The molecule has 0 aliphatic rings. The van der Waals surface area contributed by atoms with Gasteiger partial charge in [0.25, 0.3) is 0 Å². The molecule has 0 aliphatic heterocycles. The van der Waals surface area contributed by atoms with Crippen LogP contribution in [-0.4, -0.2) is 18.5 Å². The number of rotatable bonds is 6. The monoisotopic (exact) mass is 295 g/mol. The highest BCUT2D eigenvalue weighted by atomic mass is 16.5. The zero-order valence-corrected chi connectivity index (χ0v) is 12.1. The molecule has 0 atom stereocenters. The predicted molar refractivity (Wildman–Crippen MR) is 86.3 cm³/mol. The van der Waals surface area contributed by atoms with Crippen molar-refractivity contribution in [3.8, 4) is 11.1 Å². The van der Waals surface area contributed by atoms with Crippen LogP contribution >= 0.6 is 0 Å². The van der Waals surface area contributed by atoms with E-state index in [0.717, 1.165) is 22.9 Å². The van der Waals surface area contributed by atoms with Crippen LogP contribution in [-0.2, 0) is 14.3 Å². The van der Waals surface area contributed by atoms with E-state index in [1.54, 1.807) is 0 Å². The Hall–Kier alpha value is -2.88. The van der Waals surface area contributed by atoms with Crippen molar-refractivity contribution in [3.05, 3.63) is 67.3 Å². The third-order valence-corrected chi connectivity index (χ3v) is 3.03. The second-order valence-corrected chi connectivity index (χ2v) is 4.58. The van der Waals surface area contributed by atoms with Gasteiger partial charge in [-0.1, -0.05) is 55.1 Å². The number of benzene rings is 2. The van der Waals surface area contributed by atoms with Crippen molar-refractivity contribution in [2.75, 3.05) is 11.9 Å². The zero-order valence-electron chi connectivity index (χ0n) is 12.1. The van der Waals surface area contributed by atoms with Gasteiger partial charge in [-0.3, -0.25) is 4.79 Å². The molecule has 0 bridgehead atoms. The number of amides is 1. The van der Waals surface area contributed by atoms with E-state index < -0.39 is 5.97 Å². The van der Waals surface area contributed by atoms with Crippen LogP contribution in [0.2, 0.25) is 0 Å². The highest BCUT2D eigenvalue weighted by Gasteiger charge is 2.08. The molecule has 0 aliphatic carbocycles. The number of nitrogens with one attached hydrogen (secondary N) is 1. The first kappa shape index (κ1) is 15.5. The maximum absolute atomic E-state index is 11.9. The van der Waals surface area contributed by atoms with Crippen LogP contribution in [0.3, 0.4) is 0 Å². The molecule has 112 valence electrons. The van der Waals surface area contributed by atoms with Gasteiger partial charge in [-0.25, -0.2) is 4.79 Å². The molecule has 2 aromatic rings. The van der Waals surface area contributed by atoms with E-state index in [4.69, 9.17) is 4.74 Å². The minimum absolute atomic E-state index is 0.0319. The molecule has 1 N–H and O–H groups in total. The van der Waals surface area contributed by atoms with Crippen LogP contribution in [0.25, 0.3) is 11.1 Å². The smallest absolute Gasteiger partial charge is 0.330 e. The van der Waals surface area contributed by atoms with Gasteiger partial charge in [0.05, 0.1) is 6.42 Å². The highest BCUT2D eigenvalue weighted by molar-refractivity contribution is 5.95. The van der Waals surface area contributed by atoms with Crippen LogP contribution in [0.5, 0.6) is 0 Å². The highest BCUT2D eigenvalue weighted by Crippen LogP contribution is 2.27. The van der Waals surface area contributed by atoms with E-state index in [9.17, 15) is 9.59 Å². The maximum Gasteiger partial charge on any atom is 0.330 e. The van der Waals surface area contributed by atoms with Gasteiger partial charge in [-0.2, -0.15) is 0 Å². The summed E-state index contributed by atoms with van der Waals surface area (Å²) in [6, 6.07) is 17.4. The molecule has 2 aromatic carbocycles. The lowest BCUT2D eigenvalue weighted by atomic mass is 10.0. The number of para-hydroxylation sites is 1. The predicted octanol–water partition coefficient (Wildman–Crippen LogP) is 3.41. The first-order valence-electron chi connectivity index (χ1n) is 6.94. The molecule has 0 saturated heterocycles. The first-order chi connectivity index (χ1) is 10.7. The molecular weight excluding hydrogens is 278 g/mol. The van der Waals surface area contributed by atoms with Crippen LogP contribution in [0.15, 0.2) is 67.3 Å². The summed E-state index contributed by atoms with van der Waals surface area (Å²) in [4.78, 5) is 22.9. The fraction of sp³-hybridized carbons (Fsp3) is 0.111. The van der Waals surface area contributed by atoms with Gasteiger partial charge >= 0.3 is 5.97 Å². The minimum atomic E-state index is -0.530. The van der Waals surface area contributed by atoms with Crippen molar-refractivity contribution < 1.29 is 14.3 Å². The summed E-state index contributed by atoms with van der Waals surface area (Å²) in [5.74, 6) is -0.738. The lowest BCUT2D eigenvalue weighted by Gasteiger charge is -2.11. The average Bonchev–Trinajstić information content (AvgIpc) is 2.56. The molecule has 0 radical (unpaired) electrons. The third kappa shape index (κ3) is 4.31. The van der Waals surface area contributed by atoms with Gasteiger partial charge in [0.15, 0.2) is 0 Å². The number of carbonyl (C=O) groups is 2. The molecular formula is C18H17NO3. The molecule has 4 heteroatoms. The van der Waals surface area contributed by atoms with Crippen molar-refractivity contribution in [1.82, 2.24) is 0 Å². The van der Waals surface area contributed by atoms with Crippen LogP contribution in [0.4, 0.5) is 5.69 Å². The van der Waals surface area contributed by atoms with Gasteiger partial charge < -0.3 is 10.1 Å². The summed E-state index contributed by atoms with van der Waals surface area (Å²) < 4.78 is 4.80. The molecule has 22 heavy (non-hydrogen) atoms. The largest absolute Gasteiger partial charge is 0.462 e. The summed E-state index contributed by atoms with van der Waals surface area (Å²) in [5.41, 5.74) is 2.70. The summed E-state index contributed by atoms with van der Waals surface area (Å²) in [7, 11) is 0. The van der Waals surface area contributed by atoms with E-state index in [-0.39, 0.29) is 18.9 Å². The Morgan fingerprint density at radius 3 is 2.45 bits per heavy atom. The fourth-order valence-electron chi connectivity index (χ4n) is 1.98. The lowest BCUT2D eigenvalue weighted by molar-refractivity contribution is -0.138. The fourth-order valence-corrected chi connectivity index (χ4v) is 1.98. The van der Waals surface area contributed by atoms with E-state index in [1.165, 1.54) is 0 Å². The topological polar surface area (TPSA) is 55.4 Å². The molecule has 0 spiro atoms. The van der Waals surface area contributed by atoms with Crippen molar-refractivity contribution in [1.29, 1.82) is 0 Å². The zero-order chi connectivity index (χ0) is 15.8. The Kier molecular flexibility index (Phi) is 5.49. The standard InChI is InChI=1S/C18H17NO3/c1-2-18(21)22-13-12-17(20)19-16-11-7-6-10-15(16)14-8-4-3-5-9-14/h2-11H,1,12-13H2,(H,19,20). The maximum atomic E-state index is 11.9. The molecule has 2 rings (SSSR count). The quantitative estimate of drug-likeness (QED) is 0.656. The summed E-state index contributed by atoms with van der Waals surface area (Å²) in [6.07, 6.45) is 1.17. The van der Waals surface area contributed by atoms with Crippen molar-refractivity contribution in [3.63, 3.8) is 0 Å². The molecule has 0 saturated carbocycles. The van der Waals surface area contributed by atoms with E-state index >= 15 is 0 Å². The Balaban J connectivity index is 2.03. The summed E-state index contributed by atoms with van der Waals surface area (Å²) in [6.45, 7) is 3.33. The Morgan fingerprint density at radius 1 is 1.05 bits per heavy atom. The number of anilines is 1. The van der Waals surface area contributed by atoms with Gasteiger partial charge in [0.1, 0.15) is 6.61 Å². The molecule has 4 nitrogen and oxygen atoms in total. The van der Waals surface area contributed by atoms with Gasteiger partial charge in [-0.15, -0.1) is 0 Å². The van der Waals surface area contributed by atoms with Gasteiger partial charge in [0, 0.05) is 17.3 Å². The Labute approximate surface area is 129 Å². The van der Waals surface area contributed by atoms with Crippen LogP contribution in [0, 0.1) is 0 Å². The second-order valence-electron chi connectivity index (χ2n) is 4.58. The number of hydrogen-bond donors (Lipinski definition) is 1. The normalized spacial score (nSPS) is 9.82. The van der Waals surface area contributed by atoms with E-state index in [1.807, 2.05) is 54.6 Å². The van der Waals surface area contributed by atoms with E-state index in [0.29, 0.717) is 0 Å². The second kappa shape index (κ2) is 7.78. The SMILES string of the molecule is C=CC(=O)OCCC(=O)Nc1ccccc1-c1ccccc1. The Morgan fingerprint density at radius 2 is 1.73 bits per heavy atom. The lowest BCUT2D eigenvalue weighted by Crippen LogP contribution is -2.15. The number of carbonyl (C=O) groups excluding carboxylic acids is 2. The minimum Gasteiger partial charge on any atom is -0.462 e. The van der Waals surface area contributed by atoms with Crippen molar-refractivity contribution >= 4 is 17.6 Å². The Bertz CT molecular complexity index is 665. The number of hydrogen-bond acceptors (Lipinski definition) is 3. The average molecular weight is 295 g/mol. The molecule has 0 aromatic heterocycles. The number of ether oxygens (including phenoxy) is 1.